The summed E-state index contributed by atoms with van der Waals surface area (Å²) in [5, 5.41) is 7.95. The predicted molar refractivity (Wildman–Crippen MR) is 72.0 cm³/mol. The first-order valence-electron chi connectivity index (χ1n) is 6.32. The zero-order valence-electron chi connectivity index (χ0n) is 10.6. The summed E-state index contributed by atoms with van der Waals surface area (Å²) in [7, 11) is 1.94. The number of nitrogens with one attached hydrogen (secondary N) is 1. The van der Waals surface area contributed by atoms with Gasteiger partial charge in [-0.1, -0.05) is 6.07 Å². The van der Waals surface area contributed by atoms with E-state index in [1.807, 2.05) is 30.1 Å². The normalized spacial score (nSPS) is 17.9. The summed E-state index contributed by atoms with van der Waals surface area (Å²) in [6, 6.07) is 8.71. The van der Waals surface area contributed by atoms with Gasteiger partial charge in [0.2, 0.25) is 0 Å². The van der Waals surface area contributed by atoms with E-state index < -0.39 is 0 Å². The fraction of sp³-hybridized carbons (Fsp3) is 0.357. The molecule has 1 atom stereocenters. The maximum atomic E-state index is 5.81. The Hall–Kier alpha value is -1.81. The van der Waals surface area contributed by atoms with Gasteiger partial charge in [0.05, 0.1) is 5.69 Å². The second kappa shape index (κ2) is 4.46. The van der Waals surface area contributed by atoms with Gasteiger partial charge in [-0.2, -0.15) is 5.10 Å². The minimum absolute atomic E-state index is 0.433. The van der Waals surface area contributed by atoms with E-state index in [9.17, 15) is 0 Å². The summed E-state index contributed by atoms with van der Waals surface area (Å²) in [6.45, 7) is 0.815. The second-order valence-electron chi connectivity index (χ2n) is 4.91. The van der Waals surface area contributed by atoms with Gasteiger partial charge in [0.25, 0.3) is 0 Å². The highest BCUT2D eigenvalue weighted by molar-refractivity contribution is 5.47. The Morgan fingerprint density at radius 1 is 1.44 bits per heavy atom. The zero-order valence-corrected chi connectivity index (χ0v) is 10.6. The first-order chi connectivity index (χ1) is 8.72. The zero-order chi connectivity index (χ0) is 12.5. The third-order valence-corrected chi connectivity index (χ3v) is 3.54. The minimum Gasteiger partial charge on any atom is -0.399 e. The number of aromatic nitrogens is 2. The van der Waals surface area contributed by atoms with Gasteiger partial charge in [0.1, 0.15) is 0 Å². The average molecular weight is 242 g/mol. The Kier molecular flexibility index (Phi) is 2.80. The van der Waals surface area contributed by atoms with E-state index in [1.54, 1.807) is 0 Å². The van der Waals surface area contributed by atoms with Crippen molar-refractivity contribution in [2.45, 2.75) is 25.4 Å². The van der Waals surface area contributed by atoms with Crippen molar-refractivity contribution in [3.63, 3.8) is 0 Å². The lowest BCUT2D eigenvalue weighted by molar-refractivity contribution is 0.522. The van der Waals surface area contributed by atoms with Gasteiger partial charge in [0, 0.05) is 31.5 Å². The molecule has 1 unspecified atom stereocenters. The molecule has 0 bridgehead atoms. The summed E-state index contributed by atoms with van der Waals surface area (Å²) in [4.78, 5) is 0. The van der Waals surface area contributed by atoms with Gasteiger partial charge in [-0.3, -0.25) is 4.68 Å². The molecule has 1 aliphatic carbocycles. The van der Waals surface area contributed by atoms with Crippen LogP contribution in [0, 0.1) is 0 Å². The monoisotopic (exact) mass is 242 g/mol. The quantitative estimate of drug-likeness (QED) is 0.807. The van der Waals surface area contributed by atoms with Crippen molar-refractivity contribution in [1.29, 1.82) is 0 Å². The molecule has 0 aliphatic heterocycles. The topological polar surface area (TPSA) is 55.9 Å². The van der Waals surface area contributed by atoms with Gasteiger partial charge in [-0.05, 0) is 42.2 Å². The molecule has 0 spiro atoms. The summed E-state index contributed by atoms with van der Waals surface area (Å²) < 4.78 is 1.83. The number of rotatable bonds is 3. The molecule has 1 aliphatic rings. The van der Waals surface area contributed by atoms with Crippen LogP contribution in [0.1, 0.15) is 29.3 Å². The lowest BCUT2D eigenvalue weighted by Crippen LogP contribution is -2.19. The summed E-state index contributed by atoms with van der Waals surface area (Å²) >= 11 is 0. The molecular formula is C14H18N4. The number of nitrogens with two attached hydrogens (primary N) is 1. The molecular weight excluding hydrogens is 224 g/mol. The molecule has 0 saturated carbocycles. The molecule has 3 N–H and O–H groups in total. The van der Waals surface area contributed by atoms with Crippen LogP contribution >= 0.6 is 0 Å². The molecule has 94 valence electrons. The van der Waals surface area contributed by atoms with Crippen molar-refractivity contribution in [2.75, 3.05) is 5.73 Å². The summed E-state index contributed by atoms with van der Waals surface area (Å²) in [5.74, 6) is 0. The highest BCUT2D eigenvalue weighted by Crippen LogP contribution is 2.32. The Labute approximate surface area is 107 Å². The van der Waals surface area contributed by atoms with E-state index in [0.717, 1.165) is 30.8 Å². The van der Waals surface area contributed by atoms with Crippen LogP contribution in [0.15, 0.2) is 30.5 Å². The number of nitrogen functional groups attached to an aromatic ring is 1. The van der Waals surface area contributed by atoms with Crippen LogP contribution in [0.3, 0.4) is 0 Å². The van der Waals surface area contributed by atoms with Crippen LogP contribution in [-0.2, 0) is 20.0 Å². The molecule has 4 heteroatoms. The van der Waals surface area contributed by atoms with Crippen LogP contribution < -0.4 is 11.1 Å². The Bertz CT molecular complexity index is 559. The molecule has 0 fully saturated rings. The molecule has 0 saturated heterocycles. The average Bonchev–Trinajstić information content (AvgIpc) is 2.92. The molecule has 0 radical (unpaired) electrons. The van der Waals surface area contributed by atoms with Crippen molar-refractivity contribution in [3.05, 3.63) is 47.3 Å². The van der Waals surface area contributed by atoms with Crippen LogP contribution in [-0.4, -0.2) is 9.78 Å². The van der Waals surface area contributed by atoms with E-state index in [2.05, 4.69) is 22.5 Å². The van der Waals surface area contributed by atoms with E-state index >= 15 is 0 Å². The summed E-state index contributed by atoms with van der Waals surface area (Å²) in [5.41, 5.74) is 10.5. The van der Waals surface area contributed by atoms with E-state index in [-0.39, 0.29) is 0 Å². The summed E-state index contributed by atoms with van der Waals surface area (Å²) in [6.07, 6.45) is 4.23. The number of hydrogen-bond donors (Lipinski definition) is 2. The van der Waals surface area contributed by atoms with Crippen molar-refractivity contribution in [1.82, 2.24) is 15.1 Å². The first-order valence-corrected chi connectivity index (χ1v) is 6.32. The highest BCUT2D eigenvalue weighted by Gasteiger charge is 2.21. The number of hydrogen-bond acceptors (Lipinski definition) is 3. The Morgan fingerprint density at radius 3 is 3.11 bits per heavy atom. The molecule has 3 rings (SSSR count). The molecule has 2 aromatic rings. The fourth-order valence-corrected chi connectivity index (χ4v) is 2.63. The van der Waals surface area contributed by atoms with Crippen LogP contribution in [0.25, 0.3) is 0 Å². The molecule has 0 amide bonds. The maximum Gasteiger partial charge on any atom is 0.0762 e. The maximum absolute atomic E-state index is 5.81. The number of fused-ring (bicyclic) bond motifs is 1. The van der Waals surface area contributed by atoms with Crippen molar-refractivity contribution in [3.8, 4) is 0 Å². The SMILES string of the molecule is Cn1ccc(CNC2CCc3cc(N)ccc32)n1. The lowest BCUT2D eigenvalue weighted by Gasteiger charge is -2.13. The molecule has 1 heterocycles. The molecule has 1 aromatic carbocycles. The van der Waals surface area contributed by atoms with Crippen LogP contribution in [0.4, 0.5) is 5.69 Å². The van der Waals surface area contributed by atoms with Crippen molar-refractivity contribution < 1.29 is 0 Å². The minimum atomic E-state index is 0.433. The van der Waals surface area contributed by atoms with Gasteiger partial charge < -0.3 is 11.1 Å². The second-order valence-corrected chi connectivity index (χ2v) is 4.91. The van der Waals surface area contributed by atoms with Crippen LogP contribution in [0.2, 0.25) is 0 Å². The lowest BCUT2D eigenvalue weighted by atomic mass is 10.1. The number of anilines is 1. The third kappa shape index (κ3) is 2.11. The number of benzene rings is 1. The third-order valence-electron chi connectivity index (χ3n) is 3.54. The van der Waals surface area contributed by atoms with Gasteiger partial charge in [-0.15, -0.1) is 0 Å². The Balaban J connectivity index is 1.69. The van der Waals surface area contributed by atoms with Gasteiger partial charge in [-0.25, -0.2) is 0 Å². The van der Waals surface area contributed by atoms with Gasteiger partial charge >= 0.3 is 0 Å². The van der Waals surface area contributed by atoms with Crippen LogP contribution in [0.5, 0.6) is 0 Å². The van der Waals surface area contributed by atoms with Gasteiger partial charge in [0.15, 0.2) is 0 Å². The van der Waals surface area contributed by atoms with E-state index in [4.69, 9.17) is 5.73 Å². The molecule has 1 aromatic heterocycles. The van der Waals surface area contributed by atoms with E-state index in [0.29, 0.717) is 6.04 Å². The predicted octanol–water partition coefficient (Wildman–Crippen LogP) is 1.78. The van der Waals surface area contributed by atoms with Crippen molar-refractivity contribution in [2.24, 2.45) is 7.05 Å². The Morgan fingerprint density at radius 2 is 2.33 bits per heavy atom. The largest absolute Gasteiger partial charge is 0.399 e. The fourth-order valence-electron chi connectivity index (χ4n) is 2.63. The molecule has 4 nitrogen and oxygen atoms in total. The highest BCUT2D eigenvalue weighted by atomic mass is 15.3. The number of nitrogens with zero attached hydrogens (tertiary/aromatic N) is 2. The molecule has 18 heavy (non-hydrogen) atoms. The van der Waals surface area contributed by atoms with Crippen molar-refractivity contribution >= 4 is 5.69 Å². The number of aryl methyl sites for hydroxylation is 2. The smallest absolute Gasteiger partial charge is 0.0762 e. The first kappa shape index (κ1) is 11.3. The van der Waals surface area contributed by atoms with E-state index in [1.165, 1.54) is 11.1 Å². The standard InChI is InChI=1S/C14H18N4/c1-18-7-6-12(17-18)9-16-14-5-2-10-8-11(15)3-4-13(10)14/h3-4,6-8,14,16H,2,5,9,15H2,1H3.